The number of nitrogens with zero attached hydrogens (tertiary/aromatic N) is 1. The lowest BCUT2D eigenvalue weighted by atomic mass is 9.68. The Hall–Kier alpha value is -1.73. The summed E-state index contributed by atoms with van der Waals surface area (Å²) in [6.07, 6.45) is 3.46. The predicted octanol–water partition coefficient (Wildman–Crippen LogP) is 2.78. The molecular weight excluding hydrogens is 254 g/mol. The quantitative estimate of drug-likeness (QED) is 0.898. The topological polar surface area (TPSA) is 62.5 Å². The Morgan fingerprint density at radius 3 is 2.85 bits per heavy atom. The van der Waals surface area contributed by atoms with Crippen LogP contribution >= 0.6 is 0 Å². The third kappa shape index (κ3) is 1.50. The van der Waals surface area contributed by atoms with Crippen LogP contribution in [0, 0.1) is 28.6 Å². The Morgan fingerprint density at radius 2 is 2.15 bits per heavy atom. The van der Waals surface area contributed by atoms with Crippen molar-refractivity contribution in [2.24, 2.45) is 17.3 Å². The number of nitriles is 1. The first kappa shape index (κ1) is 12.0. The van der Waals surface area contributed by atoms with Crippen LogP contribution in [0.1, 0.15) is 37.4 Å². The molecule has 4 nitrogen and oxygen atoms in total. The first-order chi connectivity index (χ1) is 9.73. The van der Waals surface area contributed by atoms with Crippen molar-refractivity contribution in [1.82, 2.24) is 0 Å². The zero-order valence-corrected chi connectivity index (χ0v) is 11.2. The lowest BCUT2D eigenvalue weighted by Crippen LogP contribution is -2.33. The molecule has 4 rings (SSSR count). The highest BCUT2D eigenvalue weighted by Crippen LogP contribution is 2.60. The molecule has 2 fully saturated rings. The second-order valence-electron chi connectivity index (χ2n) is 6.25. The van der Waals surface area contributed by atoms with Gasteiger partial charge in [0.2, 0.25) is 6.79 Å². The molecule has 1 aliphatic heterocycles. The molecule has 0 spiro atoms. The van der Waals surface area contributed by atoms with Crippen molar-refractivity contribution in [3.05, 3.63) is 23.8 Å². The normalized spacial score (nSPS) is 35.0. The molecular formula is C16H17NO3. The summed E-state index contributed by atoms with van der Waals surface area (Å²) in [4.78, 5) is 0. The van der Waals surface area contributed by atoms with Crippen LogP contribution in [0.3, 0.4) is 0 Å². The van der Waals surface area contributed by atoms with Crippen LogP contribution in [0.4, 0.5) is 0 Å². The molecule has 2 aliphatic carbocycles. The standard InChI is InChI=1S/C16H17NO3/c17-8-16(7-10-1-3-12(16)5-10)15(18)11-2-4-13-14(6-11)20-9-19-13/h2,4,6,10,12,15,18H,1,3,5,7,9H2. The molecule has 1 aromatic carbocycles. The molecule has 4 atom stereocenters. The molecule has 0 saturated heterocycles. The lowest BCUT2D eigenvalue weighted by Gasteiger charge is -2.35. The van der Waals surface area contributed by atoms with Gasteiger partial charge in [-0.1, -0.05) is 12.5 Å². The molecule has 0 aromatic heterocycles. The maximum Gasteiger partial charge on any atom is 0.231 e. The Kier molecular flexibility index (Phi) is 2.49. The van der Waals surface area contributed by atoms with Gasteiger partial charge in [-0.3, -0.25) is 0 Å². The number of fused-ring (bicyclic) bond motifs is 3. The Morgan fingerprint density at radius 1 is 1.30 bits per heavy atom. The van der Waals surface area contributed by atoms with Crippen LogP contribution < -0.4 is 9.47 Å². The van der Waals surface area contributed by atoms with Gasteiger partial charge >= 0.3 is 0 Å². The zero-order valence-electron chi connectivity index (χ0n) is 11.2. The van der Waals surface area contributed by atoms with Gasteiger partial charge < -0.3 is 14.6 Å². The average Bonchev–Trinajstić information content (AvgIpc) is 3.20. The van der Waals surface area contributed by atoms with Crippen molar-refractivity contribution >= 4 is 0 Å². The summed E-state index contributed by atoms with van der Waals surface area (Å²) in [5.74, 6) is 2.32. The first-order valence-electron chi connectivity index (χ1n) is 7.22. The molecule has 2 saturated carbocycles. The number of hydrogen-bond acceptors (Lipinski definition) is 4. The van der Waals surface area contributed by atoms with E-state index in [2.05, 4.69) is 6.07 Å². The molecule has 20 heavy (non-hydrogen) atoms. The minimum atomic E-state index is -0.739. The number of ether oxygens (including phenoxy) is 2. The van der Waals surface area contributed by atoms with Crippen LogP contribution in [0.15, 0.2) is 18.2 Å². The van der Waals surface area contributed by atoms with Crippen LogP contribution in [0.5, 0.6) is 11.5 Å². The highest BCUT2D eigenvalue weighted by Gasteiger charge is 2.55. The fraction of sp³-hybridized carbons (Fsp3) is 0.562. The highest BCUT2D eigenvalue weighted by molar-refractivity contribution is 5.46. The lowest BCUT2D eigenvalue weighted by molar-refractivity contribution is 0.0232. The fourth-order valence-corrected chi connectivity index (χ4v) is 4.29. The summed E-state index contributed by atoms with van der Waals surface area (Å²) >= 11 is 0. The maximum absolute atomic E-state index is 10.8. The van der Waals surface area contributed by atoms with E-state index in [9.17, 15) is 10.4 Å². The summed E-state index contributed by atoms with van der Waals surface area (Å²) in [6, 6.07) is 7.94. The number of rotatable bonds is 2. The molecule has 4 heteroatoms. The van der Waals surface area contributed by atoms with E-state index in [4.69, 9.17) is 9.47 Å². The van der Waals surface area contributed by atoms with Crippen LogP contribution in [-0.2, 0) is 0 Å². The van der Waals surface area contributed by atoms with E-state index in [1.54, 1.807) is 0 Å². The van der Waals surface area contributed by atoms with Gasteiger partial charge in [-0.25, -0.2) is 0 Å². The van der Waals surface area contributed by atoms with E-state index in [1.165, 1.54) is 6.42 Å². The summed E-state index contributed by atoms with van der Waals surface area (Å²) in [5, 5.41) is 20.5. The van der Waals surface area contributed by atoms with Crippen molar-refractivity contribution in [3.63, 3.8) is 0 Å². The SMILES string of the molecule is N#CC1(C(O)c2ccc3c(c2)OCO3)CC2CCC1C2. The van der Waals surface area contributed by atoms with E-state index in [-0.39, 0.29) is 6.79 Å². The molecule has 1 aromatic rings. The summed E-state index contributed by atoms with van der Waals surface area (Å²) in [7, 11) is 0. The summed E-state index contributed by atoms with van der Waals surface area (Å²) in [5.41, 5.74) is 0.153. The van der Waals surface area contributed by atoms with Crippen LogP contribution in [-0.4, -0.2) is 11.9 Å². The highest BCUT2D eigenvalue weighted by atomic mass is 16.7. The number of hydrogen-bond donors (Lipinski definition) is 1. The average molecular weight is 271 g/mol. The monoisotopic (exact) mass is 271 g/mol. The molecule has 3 aliphatic rings. The van der Waals surface area contributed by atoms with E-state index in [0.29, 0.717) is 23.3 Å². The smallest absolute Gasteiger partial charge is 0.231 e. The third-order valence-corrected chi connectivity index (χ3v) is 5.30. The molecule has 1 heterocycles. The van der Waals surface area contributed by atoms with Crippen molar-refractivity contribution in [2.75, 3.05) is 6.79 Å². The predicted molar refractivity (Wildman–Crippen MR) is 71.0 cm³/mol. The second-order valence-corrected chi connectivity index (χ2v) is 6.25. The van der Waals surface area contributed by atoms with Gasteiger partial charge in [0.1, 0.15) is 0 Å². The van der Waals surface area contributed by atoms with E-state index in [0.717, 1.165) is 24.8 Å². The van der Waals surface area contributed by atoms with Gasteiger partial charge in [0.05, 0.1) is 17.6 Å². The molecule has 2 bridgehead atoms. The minimum Gasteiger partial charge on any atom is -0.454 e. The number of benzene rings is 1. The van der Waals surface area contributed by atoms with Crippen molar-refractivity contribution in [3.8, 4) is 17.6 Å². The maximum atomic E-state index is 10.8. The van der Waals surface area contributed by atoms with Gasteiger partial charge in [0.25, 0.3) is 0 Å². The van der Waals surface area contributed by atoms with Crippen molar-refractivity contribution in [1.29, 1.82) is 5.26 Å². The fourth-order valence-electron chi connectivity index (χ4n) is 4.29. The summed E-state index contributed by atoms with van der Waals surface area (Å²) < 4.78 is 10.7. The van der Waals surface area contributed by atoms with Gasteiger partial charge in [0, 0.05) is 0 Å². The van der Waals surface area contributed by atoms with Crippen molar-refractivity contribution in [2.45, 2.75) is 31.8 Å². The van der Waals surface area contributed by atoms with Crippen LogP contribution in [0.2, 0.25) is 0 Å². The molecule has 4 unspecified atom stereocenters. The van der Waals surface area contributed by atoms with Gasteiger partial charge in [-0.2, -0.15) is 5.26 Å². The van der Waals surface area contributed by atoms with Crippen LogP contribution in [0.25, 0.3) is 0 Å². The number of aliphatic hydroxyl groups excluding tert-OH is 1. The number of aliphatic hydroxyl groups is 1. The van der Waals surface area contributed by atoms with Crippen molar-refractivity contribution < 1.29 is 14.6 Å². The second kappa shape index (κ2) is 4.13. The Bertz CT molecular complexity index is 594. The third-order valence-electron chi connectivity index (χ3n) is 5.30. The van der Waals surface area contributed by atoms with Gasteiger partial charge in [0.15, 0.2) is 11.5 Å². The Balaban J connectivity index is 1.70. The molecule has 104 valence electrons. The largest absolute Gasteiger partial charge is 0.454 e. The summed E-state index contributed by atoms with van der Waals surface area (Å²) in [6.45, 7) is 0.225. The molecule has 0 amide bonds. The molecule has 0 radical (unpaired) electrons. The zero-order chi connectivity index (χ0) is 13.7. The van der Waals surface area contributed by atoms with Gasteiger partial charge in [-0.05, 0) is 48.8 Å². The molecule has 1 N–H and O–H groups in total. The minimum absolute atomic E-state index is 0.225. The van der Waals surface area contributed by atoms with E-state index in [1.807, 2.05) is 18.2 Å². The van der Waals surface area contributed by atoms with Gasteiger partial charge in [-0.15, -0.1) is 0 Å². The first-order valence-corrected chi connectivity index (χ1v) is 7.22. The Labute approximate surface area is 117 Å². The van der Waals surface area contributed by atoms with E-state index < -0.39 is 11.5 Å². The van der Waals surface area contributed by atoms with E-state index >= 15 is 0 Å².